The van der Waals surface area contributed by atoms with Crippen molar-refractivity contribution in [3.63, 3.8) is 0 Å². The summed E-state index contributed by atoms with van der Waals surface area (Å²) in [6, 6.07) is 18.0. The first kappa shape index (κ1) is 16.2. The maximum atomic E-state index is 12.7. The van der Waals surface area contributed by atoms with Crippen LogP contribution in [0, 0.1) is 0 Å². The van der Waals surface area contributed by atoms with Crippen LogP contribution in [0.5, 0.6) is 0 Å². The molecule has 116 valence electrons. The van der Waals surface area contributed by atoms with E-state index in [1.54, 1.807) is 37.3 Å². The van der Waals surface area contributed by atoms with Crippen LogP contribution in [0.1, 0.15) is 25.8 Å². The molecule has 0 unspecified atom stereocenters. The molecule has 0 bridgehead atoms. The molecule has 0 atom stereocenters. The number of sulfonamides is 1. The molecule has 0 radical (unpaired) electrons. The molecule has 0 aliphatic carbocycles. The van der Waals surface area contributed by atoms with Gasteiger partial charge >= 0.3 is 0 Å². The first-order valence-electron chi connectivity index (χ1n) is 7.30. The molecule has 0 spiro atoms. The summed E-state index contributed by atoms with van der Waals surface area (Å²) < 4.78 is 26.5. The Morgan fingerprint density at radius 3 is 2.00 bits per heavy atom. The lowest BCUT2D eigenvalue weighted by molar-refractivity contribution is 0.447. The molecule has 0 aromatic heterocycles. The normalized spacial score (nSPS) is 12.2. The second-order valence-electron chi connectivity index (χ2n) is 4.72. The molecular weight excluding hydrogens is 296 g/mol. The van der Waals surface area contributed by atoms with E-state index in [0.29, 0.717) is 6.42 Å². The van der Waals surface area contributed by atoms with Crippen LogP contribution in [0.3, 0.4) is 0 Å². The monoisotopic (exact) mass is 316 g/mol. The lowest BCUT2D eigenvalue weighted by Gasteiger charge is -2.19. The van der Waals surface area contributed by atoms with Gasteiger partial charge in [-0.25, -0.2) is 0 Å². The second-order valence-corrected chi connectivity index (χ2v) is 6.57. The van der Waals surface area contributed by atoms with E-state index in [4.69, 9.17) is 0 Å². The zero-order valence-corrected chi connectivity index (χ0v) is 13.6. The van der Waals surface area contributed by atoms with E-state index in [-0.39, 0.29) is 11.4 Å². The Bertz CT molecular complexity index is 726. The summed E-state index contributed by atoms with van der Waals surface area (Å²) in [7, 11) is -3.62. The molecule has 0 amide bonds. The molecule has 2 aromatic rings. The maximum absolute atomic E-state index is 12.7. The number of nitrogens with zero attached hydrogens (tertiary/aromatic N) is 2. The lowest BCUT2D eigenvalue weighted by Crippen LogP contribution is -2.27. The number of benzene rings is 2. The van der Waals surface area contributed by atoms with Gasteiger partial charge in [-0.2, -0.15) is 17.9 Å². The average molecular weight is 316 g/mol. The van der Waals surface area contributed by atoms with Crippen molar-refractivity contribution in [1.29, 1.82) is 0 Å². The third-order valence-electron chi connectivity index (χ3n) is 3.26. The largest absolute Gasteiger partial charge is 0.278 e. The van der Waals surface area contributed by atoms with Gasteiger partial charge in [0.2, 0.25) is 0 Å². The molecule has 22 heavy (non-hydrogen) atoms. The van der Waals surface area contributed by atoms with E-state index in [2.05, 4.69) is 5.10 Å². The smallest absolute Gasteiger partial charge is 0.200 e. The lowest BCUT2D eigenvalue weighted by atomic mass is 10.1. The van der Waals surface area contributed by atoms with Gasteiger partial charge in [-0.15, -0.1) is 0 Å². The highest BCUT2D eigenvalue weighted by Crippen LogP contribution is 2.17. The van der Waals surface area contributed by atoms with Crippen LogP contribution in [0.2, 0.25) is 0 Å². The Morgan fingerprint density at radius 2 is 1.50 bits per heavy atom. The molecule has 4 nitrogen and oxygen atoms in total. The second kappa shape index (κ2) is 7.22. The Morgan fingerprint density at radius 1 is 0.955 bits per heavy atom. The highest BCUT2D eigenvalue weighted by Gasteiger charge is 2.22. The molecule has 2 aromatic carbocycles. The van der Waals surface area contributed by atoms with E-state index in [9.17, 15) is 8.42 Å². The fourth-order valence-electron chi connectivity index (χ4n) is 2.11. The predicted molar refractivity (Wildman–Crippen MR) is 89.3 cm³/mol. The summed E-state index contributed by atoms with van der Waals surface area (Å²) >= 11 is 0. The van der Waals surface area contributed by atoms with E-state index in [1.807, 2.05) is 37.3 Å². The Hall–Kier alpha value is -2.14. The van der Waals surface area contributed by atoms with Crippen LogP contribution in [-0.4, -0.2) is 25.1 Å². The van der Waals surface area contributed by atoms with Crippen LogP contribution in [-0.2, 0) is 10.0 Å². The van der Waals surface area contributed by atoms with Crippen molar-refractivity contribution < 1.29 is 8.42 Å². The molecule has 2 rings (SSSR count). The Balaban J connectivity index is 2.41. The molecule has 0 N–H and O–H groups in total. The summed E-state index contributed by atoms with van der Waals surface area (Å²) in [5.74, 6) is 0. The van der Waals surface area contributed by atoms with Gasteiger partial charge in [0.15, 0.2) is 0 Å². The molecule has 0 aliphatic heterocycles. The van der Waals surface area contributed by atoms with Crippen molar-refractivity contribution in [2.75, 3.05) is 6.54 Å². The van der Waals surface area contributed by atoms with Gasteiger partial charge in [-0.3, -0.25) is 0 Å². The van der Waals surface area contributed by atoms with Gasteiger partial charge in [0.1, 0.15) is 0 Å². The maximum Gasteiger partial charge on any atom is 0.278 e. The molecule has 0 saturated heterocycles. The molecule has 0 saturated carbocycles. The van der Waals surface area contributed by atoms with Gasteiger partial charge < -0.3 is 0 Å². The number of hydrogen-bond donors (Lipinski definition) is 0. The minimum atomic E-state index is -3.62. The molecule has 0 aliphatic rings. The molecule has 5 heteroatoms. The van der Waals surface area contributed by atoms with Crippen molar-refractivity contribution in [1.82, 2.24) is 4.41 Å². The minimum absolute atomic E-state index is 0.254. The van der Waals surface area contributed by atoms with Gasteiger partial charge in [0.25, 0.3) is 10.0 Å². The highest BCUT2D eigenvalue weighted by molar-refractivity contribution is 7.89. The quantitative estimate of drug-likeness (QED) is 0.605. The van der Waals surface area contributed by atoms with Crippen molar-refractivity contribution in [3.05, 3.63) is 66.2 Å². The molecular formula is C17H20N2O2S. The predicted octanol–water partition coefficient (Wildman–Crippen LogP) is 3.51. The highest BCUT2D eigenvalue weighted by atomic mass is 32.2. The third-order valence-corrected chi connectivity index (χ3v) is 5.03. The van der Waals surface area contributed by atoms with Gasteiger partial charge in [0, 0.05) is 0 Å². The Labute approximate surface area is 132 Å². The van der Waals surface area contributed by atoms with Crippen LogP contribution < -0.4 is 0 Å². The zero-order chi connectivity index (χ0) is 16.0. The van der Waals surface area contributed by atoms with E-state index in [0.717, 1.165) is 15.7 Å². The first-order valence-corrected chi connectivity index (χ1v) is 8.74. The van der Waals surface area contributed by atoms with Crippen LogP contribution in [0.25, 0.3) is 0 Å². The molecule has 0 heterocycles. The summed E-state index contributed by atoms with van der Waals surface area (Å²) in [5.41, 5.74) is 1.69. The first-order chi connectivity index (χ1) is 10.6. The van der Waals surface area contributed by atoms with E-state index >= 15 is 0 Å². The van der Waals surface area contributed by atoms with Gasteiger partial charge in [0.05, 0.1) is 17.2 Å². The van der Waals surface area contributed by atoms with Crippen LogP contribution in [0.4, 0.5) is 0 Å². The Kier molecular flexibility index (Phi) is 5.33. The number of hydrazone groups is 1. The van der Waals surface area contributed by atoms with Crippen LogP contribution >= 0.6 is 0 Å². The third kappa shape index (κ3) is 3.54. The topological polar surface area (TPSA) is 49.7 Å². The van der Waals surface area contributed by atoms with Gasteiger partial charge in [-0.1, -0.05) is 55.5 Å². The van der Waals surface area contributed by atoms with Crippen molar-refractivity contribution in [3.8, 4) is 0 Å². The summed E-state index contributed by atoms with van der Waals surface area (Å²) in [5, 5.41) is 4.39. The van der Waals surface area contributed by atoms with Crippen LogP contribution in [0.15, 0.2) is 70.7 Å². The van der Waals surface area contributed by atoms with Crippen molar-refractivity contribution in [2.24, 2.45) is 5.10 Å². The summed E-state index contributed by atoms with van der Waals surface area (Å²) in [6.45, 7) is 4.03. The van der Waals surface area contributed by atoms with Gasteiger partial charge in [-0.05, 0) is 31.0 Å². The fourth-order valence-corrected chi connectivity index (χ4v) is 3.40. The SMILES string of the molecule is CC/C(=N\N(CC)S(=O)(=O)c1ccccc1)c1ccccc1. The van der Waals surface area contributed by atoms with E-state index in [1.165, 1.54) is 0 Å². The number of hydrogen-bond acceptors (Lipinski definition) is 3. The van der Waals surface area contributed by atoms with Crippen molar-refractivity contribution in [2.45, 2.75) is 25.2 Å². The molecule has 0 fully saturated rings. The average Bonchev–Trinajstić information content (AvgIpc) is 2.57. The van der Waals surface area contributed by atoms with Crippen molar-refractivity contribution >= 4 is 15.7 Å². The standard InChI is InChI=1S/C17H20N2O2S/c1-3-17(15-11-7-5-8-12-15)18-19(4-2)22(20,21)16-13-9-6-10-14-16/h5-14H,3-4H2,1-2H3/b18-17+. The summed E-state index contributed by atoms with van der Waals surface area (Å²) in [4.78, 5) is 0.254. The zero-order valence-electron chi connectivity index (χ0n) is 12.8. The summed E-state index contributed by atoms with van der Waals surface area (Å²) in [6.07, 6.45) is 0.658. The minimum Gasteiger partial charge on any atom is -0.200 e. The number of rotatable bonds is 6. The van der Waals surface area contributed by atoms with E-state index < -0.39 is 10.0 Å². The fraction of sp³-hybridized carbons (Fsp3) is 0.235.